The summed E-state index contributed by atoms with van der Waals surface area (Å²) < 4.78 is 52.3. The number of aryl methyl sites for hydroxylation is 1. The number of H-pyrrole nitrogens is 2. The summed E-state index contributed by atoms with van der Waals surface area (Å²) >= 11 is 0. The summed E-state index contributed by atoms with van der Waals surface area (Å²) in [5.74, 6) is -0.223. The molecule has 0 radical (unpaired) electrons. The Labute approximate surface area is 252 Å². The van der Waals surface area contributed by atoms with E-state index in [1.807, 2.05) is 30.5 Å². The highest BCUT2D eigenvalue weighted by molar-refractivity contribution is 7.66. The number of phosphoric ester groups is 1. The number of fused-ring (bicyclic) bond motifs is 1. The van der Waals surface area contributed by atoms with E-state index in [-0.39, 0.29) is 30.9 Å². The second kappa shape index (κ2) is 14.2. The molecule has 1 aliphatic rings. The van der Waals surface area contributed by atoms with Crippen LogP contribution < -0.4 is 16.6 Å². The van der Waals surface area contributed by atoms with Crippen LogP contribution in [0.3, 0.4) is 0 Å². The Morgan fingerprint density at radius 2 is 1.84 bits per heavy atom. The van der Waals surface area contributed by atoms with E-state index in [0.29, 0.717) is 6.42 Å². The van der Waals surface area contributed by atoms with Crippen molar-refractivity contribution in [3.05, 3.63) is 74.7 Å². The molecule has 19 nitrogen and oxygen atoms in total. The first-order valence-electron chi connectivity index (χ1n) is 13.0. The van der Waals surface area contributed by atoms with Gasteiger partial charge in [-0.3, -0.25) is 23.7 Å². The van der Waals surface area contributed by atoms with Gasteiger partial charge >= 0.3 is 29.2 Å². The topological polar surface area (TPSA) is 289 Å². The molecule has 1 aliphatic heterocycles. The molecule has 5 atom stereocenters. The van der Waals surface area contributed by atoms with Gasteiger partial charge in [-0.1, -0.05) is 30.4 Å². The maximum absolute atomic E-state index is 12.4. The Hall–Kier alpha value is -3.02. The van der Waals surface area contributed by atoms with Crippen LogP contribution >= 0.6 is 23.5 Å². The predicted molar refractivity (Wildman–Crippen MR) is 154 cm³/mol. The summed E-state index contributed by atoms with van der Waals surface area (Å²) in [4.78, 5) is 78.3. The minimum absolute atomic E-state index is 0.00237. The van der Waals surface area contributed by atoms with Crippen LogP contribution in [0.2, 0.25) is 0 Å². The molecule has 22 heteroatoms. The second-order valence-corrected chi connectivity index (χ2v) is 14.1. The van der Waals surface area contributed by atoms with Gasteiger partial charge in [-0.2, -0.15) is 8.62 Å². The number of benzene rings is 1. The number of nitrogens with one attached hydrogen (secondary N) is 3. The molecule has 0 saturated carbocycles. The van der Waals surface area contributed by atoms with E-state index in [1.54, 1.807) is 0 Å². The summed E-state index contributed by atoms with van der Waals surface area (Å²) in [5, 5.41) is 14.0. The SMILES string of the molecule is O=C(CCc1c[nH]c2ccccc12)NC/C=C/c1cn(C2CC(O)C(COP(=O)(O)OP(=O)(O)OP(=O)(O)O)O2)c(=O)[nH]c1=O. The van der Waals surface area contributed by atoms with Gasteiger partial charge in [0.2, 0.25) is 5.91 Å². The van der Waals surface area contributed by atoms with Crippen molar-refractivity contribution in [2.45, 2.75) is 37.7 Å². The monoisotopic (exact) mass is 694 g/mol. The molecule has 246 valence electrons. The average molecular weight is 694 g/mol. The Morgan fingerprint density at radius 3 is 2.58 bits per heavy atom. The van der Waals surface area contributed by atoms with Crippen molar-refractivity contribution in [2.75, 3.05) is 13.2 Å². The van der Waals surface area contributed by atoms with Gasteiger partial charge in [0.05, 0.1) is 18.3 Å². The van der Waals surface area contributed by atoms with Gasteiger partial charge in [0, 0.05) is 42.7 Å². The maximum atomic E-state index is 12.4. The fourth-order valence-corrected chi connectivity index (χ4v) is 7.40. The normalized spacial score (nSPS) is 21.6. The van der Waals surface area contributed by atoms with Crippen LogP contribution in [0.5, 0.6) is 0 Å². The largest absolute Gasteiger partial charge is 0.490 e. The van der Waals surface area contributed by atoms with Crippen LogP contribution in [-0.2, 0) is 42.8 Å². The highest BCUT2D eigenvalue weighted by atomic mass is 31.3. The van der Waals surface area contributed by atoms with Gasteiger partial charge in [0.25, 0.3) is 5.56 Å². The number of ether oxygens (including phenoxy) is 1. The zero-order valence-corrected chi connectivity index (χ0v) is 25.7. The van der Waals surface area contributed by atoms with Crippen molar-refractivity contribution in [3.63, 3.8) is 0 Å². The molecular weight excluding hydrogens is 665 g/mol. The zero-order chi connectivity index (χ0) is 33.0. The number of hydrogen-bond donors (Lipinski definition) is 8. The lowest BCUT2D eigenvalue weighted by atomic mass is 10.1. The highest BCUT2D eigenvalue weighted by Gasteiger charge is 2.43. The van der Waals surface area contributed by atoms with Crippen molar-refractivity contribution in [1.82, 2.24) is 19.9 Å². The van der Waals surface area contributed by atoms with E-state index in [1.165, 1.54) is 12.2 Å². The van der Waals surface area contributed by atoms with Gasteiger partial charge < -0.3 is 39.7 Å². The highest BCUT2D eigenvalue weighted by Crippen LogP contribution is 2.66. The maximum Gasteiger partial charge on any atom is 0.490 e. The van der Waals surface area contributed by atoms with Gasteiger partial charge in [-0.15, -0.1) is 0 Å². The minimum atomic E-state index is -5.74. The van der Waals surface area contributed by atoms with Gasteiger partial charge in [0.1, 0.15) is 12.3 Å². The van der Waals surface area contributed by atoms with Crippen LogP contribution in [0.25, 0.3) is 17.0 Å². The molecule has 2 aromatic heterocycles. The summed E-state index contributed by atoms with van der Waals surface area (Å²) in [7, 11) is -16.8. The molecule has 3 heterocycles. The summed E-state index contributed by atoms with van der Waals surface area (Å²) in [6.45, 7) is -0.862. The number of aliphatic hydroxyl groups excluding tert-OH is 1. The number of rotatable bonds is 14. The number of aliphatic hydroxyl groups is 1. The molecule has 3 aromatic rings. The third kappa shape index (κ3) is 9.98. The molecule has 1 saturated heterocycles. The van der Waals surface area contributed by atoms with E-state index in [0.717, 1.165) is 27.2 Å². The lowest BCUT2D eigenvalue weighted by Gasteiger charge is -2.19. The standard InChI is InChI=1S/C23H29N4O15P3/c28-18-10-21(40-19(18)13-39-44(35,36)42-45(37,38)41-43(32,33)34)27-12-15(22(30)26-23(27)31)4-3-9-24-20(29)8-7-14-11-25-17-6-2-1-5-16(14)17/h1-6,11-12,18-19,21,25,28H,7-10,13H2,(H,24,29)(H,35,36)(H,37,38)(H,26,30,31)(H2,32,33,34)/b4-3+. The first-order valence-corrected chi connectivity index (χ1v) is 17.5. The van der Waals surface area contributed by atoms with Gasteiger partial charge in [-0.05, 0) is 18.1 Å². The van der Waals surface area contributed by atoms with E-state index in [2.05, 4.69) is 28.4 Å². The minimum Gasteiger partial charge on any atom is -0.390 e. The van der Waals surface area contributed by atoms with E-state index in [4.69, 9.17) is 14.5 Å². The number of phosphoric acid groups is 3. The Kier molecular flexibility index (Phi) is 11.0. The number of carbonyl (C=O) groups is 1. The molecular formula is C23H29N4O15P3. The average Bonchev–Trinajstić information content (AvgIpc) is 3.50. The number of carbonyl (C=O) groups excluding carboxylic acids is 1. The lowest BCUT2D eigenvalue weighted by molar-refractivity contribution is -0.120. The number of aromatic nitrogens is 3. The van der Waals surface area contributed by atoms with Crippen LogP contribution in [0.1, 0.15) is 30.2 Å². The third-order valence-electron chi connectivity index (χ3n) is 6.34. The molecule has 8 N–H and O–H groups in total. The van der Waals surface area contributed by atoms with E-state index in [9.17, 15) is 43.0 Å². The Balaban J connectivity index is 1.31. The van der Waals surface area contributed by atoms with Crippen LogP contribution in [0, 0.1) is 0 Å². The summed E-state index contributed by atoms with van der Waals surface area (Å²) in [5.41, 5.74) is 0.311. The molecule has 1 fully saturated rings. The fraction of sp³-hybridized carbons (Fsp3) is 0.348. The number of aromatic amines is 2. The second-order valence-electron chi connectivity index (χ2n) is 9.64. The molecule has 0 bridgehead atoms. The summed E-state index contributed by atoms with van der Waals surface area (Å²) in [6, 6.07) is 7.71. The number of nitrogens with zero attached hydrogens (tertiary/aromatic N) is 1. The molecule has 1 aromatic carbocycles. The lowest BCUT2D eigenvalue weighted by Crippen LogP contribution is -2.33. The predicted octanol–water partition coefficient (Wildman–Crippen LogP) is 0.772. The third-order valence-corrected chi connectivity index (χ3v) is 10.1. The smallest absolute Gasteiger partial charge is 0.390 e. The number of para-hydroxylation sites is 1. The first-order chi connectivity index (χ1) is 21.0. The summed E-state index contributed by atoms with van der Waals surface area (Å²) in [6.07, 6.45) is 2.32. The molecule has 5 unspecified atom stereocenters. The molecule has 1 amide bonds. The van der Waals surface area contributed by atoms with Gasteiger partial charge in [0.15, 0.2) is 0 Å². The van der Waals surface area contributed by atoms with E-state index >= 15 is 0 Å². The van der Waals surface area contributed by atoms with Crippen LogP contribution in [-0.4, -0.2) is 70.5 Å². The zero-order valence-electron chi connectivity index (χ0n) is 23.0. The van der Waals surface area contributed by atoms with Gasteiger partial charge in [-0.25, -0.2) is 18.5 Å². The fourth-order valence-electron chi connectivity index (χ4n) is 4.37. The number of amides is 1. The molecule has 45 heavy (non-hydrogen) atoms. The Bertz CT molecular complexity index is 1830. The quantitative estimate of drug-likeness (QED) is 0.108. The van der Waals surface area contributed by atoms with Crippen molar-refractivity contribution in [3.8, 4) is 0 Å². The van der Waals surface area contributed by atoms with Crippen LogP contribution in [0.15, 0.2) is 52.3 Å². The van der Waals surface area contributed by atoms with Crippen molar-refractivity contribution < 1.29 is 61.1 Å². The number of hydrogen-bond acceptors (Lipinski definition) is 11. The van der Waals surface area contributed by atoms with Crippen molar-refractivity contribution in [1.29, 1.82) is 0 Å². The van der Waals surface area contributed by atoms with Crippen LogP contribution in [0.4, 0.5) is 0 Å². The van der Waals surface area contributed by atoms with Crippen molar-refractivity contribution in [2.24, 2.45) is 0 Å². The molecule has 0 spiro atoms. The Morgan fingerprint density at radius 1 is 1.11 bits per heavy atom. The molecule has 4 rings (SSSR count). The van der Waals surface area contributed by atoms with E-state index < -0.39 is 59.8 Å². The van der Waals surface area contributed by atoms with Crippen molar-refractivity contribution >= 4 is 46.4 Å². The molecule has 0 aliphatic carbocycles. The first kappa shape index (κ1) is 34.8.